The molecule has 0 saturated heterocycles. The third-order valence-corrected chi connectivity index (χ3v) is 5.40. The first kappa shape index (κ1) is 20.6. The van der Waals surface area contributed by atoms with Gasteiger partial charge >= 0.3 is 0 Å². The van der Waals surface area contributed by atoms with Gasteiger partial charge in [-0.3, -0.25) is 5.32 Å². The van der Waals surface area contributed by atoms with Crippen molar-refractivity contribution in [2.75, 3.05) is 13.7 Å². The molecule has 2 atom stereocenters. The lowest BCUT2D eigenvalue weighted by molar-refractivity contribution is 0.00903. The lowest BCUT2D eigenvalue weighted by Crippen LogP contribution is -2.37. The Morgan fingerprint density at radius 3 is 2.21 bits per heavy atom. The van der Waals surface area contributed by atoms with Crippen LogP contribution >= 0.6 is 12.4 Å². The molecule has 0 radical (unpaired) electrons. The smallest absolute Gasteiger partial charge is 0.112 e. The summed E-state index contributed by atoms with van der Waals surface area (Å²) in [4.78, 5) is 0. The number of aliphatic hydroxyl groups excluding tert-OH is 1. The molecule has 0 bridgehead atoms. The van der Waals surface area contributed by atoms with Gasteiger partial charge in [0, 0.05) is 26.2 Å². The number of fused-ring (bicyclic) bond motifs is 5. The maximum absolute atomic E-state index is 9.44. The van der Waals surface area contributed by atoms with Crippen molar-refractivity contribution in [2.45, 2.75) is 19.7 Å². The van der Waals surface area contributed by atoms with Gasteiger partial charge in [0.1, 0.15) is 6.23 Å². The second-order valence-electron chi connectivity index (χ2n) is 7.16. The minimum atomic E-state index is -0.183. The van der Waals surface area contributed by atoms with E-state index in [1.54, 1.807) is 7.11 Å². The van der Waals surface area contributed by atoms with Crippen molar-refractivity contribution < 1.29 is 9.84 Å². The lowest BCUT2D eigenvalue weighted by Gasteiger charge is -2.23. The van der Waals surface area contributed by atoms with Crippen molar-refractivity contribution in [3.63, 3.8) is 0 Å². The van der Waals surface area contributed by atoms with Crippen LogP contribution in [0.5, 0.6) is 0 Å². The lowest BCUT2D eigenvalue weighted by atomic mass is 9.93. The highest BCUT2D eigenvalue weighted by Gasteiger charge is 2.16. The normalized spacial score (nSPS) is 13.5. The van der Waals surface area contributed by atoms with Crippen LogP contribution in [0, 0.1) is 5.92 Å². The van der Waals surface area contributed by atoms with Crippen molar-refractivity contribution in [1.82, 2.24) is 5.32 Å². The molecule has 2 N–H and O–H groups in total. The second kappa shape index (κ2) is 8.89. The fraction of sp³-hybridized carbons (Fsp3) is 0.250. The van der Waals surface area contributed by atoms with Gasteiger partial charge in [-0.15, -0.1) is 12.4 Å². The Morgan fingerprint density at radius 2 is 1.50 bits per heavy atom. The maximum Gasteiger partial charge on any atom is 0.112 e. The average molecular weight is 396 g/mol. The standard InChI is InChI=1S/C24H25NO2.ClH/c1-16(15-26)24(27-2)25-14-18-13-23-19-8-4-3-7-17(19)11-12-22(23)21-10-6-5-9-20(18)21;/h3-13,16,24-26H,14-15H2,1-2H3;1H. The number of rotatable bonds is 6. The van der Waals surface area contributed by atoms with E-state index in [9.17, 15) is 5.11 Å². The third kappa shape index (κ3) is 3.71. The highest BCUT2D eigenvalue weighted by atomic mass is 35.5. The monoisotopic (exact) mass is 395 g/mol. The highest BCUT2D eigenvalue weighted by molar-refractivity contribution is 6.18. The van der Waals surface area contributed by atoms with Crippen LogP contribution in [0.4, 0.5) is 0 Å². The largest absolute Gasteiger partial charge is 0.396 e. The van der Waals surface area contributed by atoms with Crippen molar-refractivity contribution in [3.8, 4) is 0 Å². The number of halogens is 1. The fourth-order valence-corrected chi connectivity index (χ4v) is 3.91. The molecule has 0 spiro atoms. The van der Waals surface area contributed by atoms with E-state index < -0.39 is 0 Å². The average Bonchev–Trinajstić information content (AvgIpc) is 2.73. The summed E-state index contributed by atoms with van der Waals surface area (Å²) in [6, 6.07) is 23.8. The number of ether oxygens (including phenoxy) is 1. The number of aliphatic hydroxyl groups is 1. The molecule has 0 aliphatic carbocycles. The molecule has 0 aliphatic rings. The number of nitrogens with one attached hydrogen (secondary N) is 1. The van der Waals surface area contributed by atoms with Gasteiger partial charge in [-0.1, -0.05) is 67.6 Å². The number of benzene rings is 4. The number of methoxy groups -OCH3 is 1. The Balaban J connectivity index is 0.00000225. The van der Waals surface area contributed by atoms with Crippen molar-refractivity contribution in [1.29, 1.82) is 0 Å². The number of hydrogen-bond acceptors (Lipinski definition) is 3. The minimum Gasteiger partial charge on any atom is -0.396 e. The van der Waals surface area contributed by atoms with Crippen LogP contribution in [0.15, 0.2) is 66.7 Å². The Labute approximate surface area is 171 Å². The first-order chi connectivity index (χ1) is 13.2. The van der Waals surface area contributed by atoms with E-state index in [0.29, 0.717) is 6.54 Å². The second-order valence-corrected chi connectivity index (χ2v) is 7.16. The molecule has 3 nitrogen and oxygen atoms in total. The van der Waals surface area contributed by atoms with Crippen LogP contribution in [0.3, 0.4) is 0 Å². The van der Waals surface area contributed by atoms with Crippen LogP contribution in [0.2, 0.25) is 0 Å². The predicted octanol–water partition coefficient (Wildman–Crippen LogP) is 5.26. The molecule has 0 fully saturated rings. The molecule has 0 saturated carbocycles. The van der Waals surface area contributed by atoms with E-state index in [4.69, 9.17) is 4.74 Å². The Bertz CT molecular complexity index is 1100. The molecule has 28 heavy (non-hydrogen) atoms. The van der Waals surface area contributed by atoms with Gasteiger partial charge < -0.3 is 9.84 Å². The zero-order chi connectivity index (χ0) is 18.8. The predicted molar refractivity (Wildman–Crippen MR) is 120 cm³/mol. The quantitative estimate of drug-likeness (QED) is 0.345. The van der Waals surface area contributed by atoms with E-state index in [0.717, 1.165) is 0 Å². The summed E-state index contributed by atoms with van der Waals surface area (Å²) in [6.45, 7) is 2.75. The minimum absolute atomic E-state index is 0. The molecule has 4 aromatic carbocycles. The van der Waals surface area contributed by atoms with Crippen LogP contribution in [0.1, 0.15) is 12.5 Å². The molecule has 0 aliphatic heterocycles. The van der Waals surface area contributed by atoms with Gasteiger partial charge in [0.25, 0.3) is 0 Å². The first-order valence-electron chi connectivity index (χ1n) is 9.42. The Hall–Kier alpha value is -2.17. The zero-order valence-corrected chi connectivity index (χ0v) is 17.0. The molecule has 0 amide bonds. The Morgan fingerprint density at radius 1 is 0.857 bits per heavy atom. The van der Waals surface area contributed by atoms with Crippen molar-refractivity contribution in [2.24, 2.45) is 5.92 Å². The summed E-state index contributed by atoms with van der Waals surface area (Å²) in [5.74, 6) is 0.0301. The van der Waals surface area contributed by atoms with E-state index in [-0.39, 0.29) is 31.2 Å². The van der Waals surface area contributed by atoms with Gasteiger partial charge in [0.2, 0.25) is 0 Å². The molecule has 0 heterocycles. The SMILES string of the molecule is COC(NCc1cc2c3ccccc3ccc2c2ccccc12)C(C)CO.Cl. The third-order valence-electron chi connectivity index (χ3n) is 5.40. The van der Waals surface area contributed by atoms with Gasteiger partial charge in [-0.25, -0.2) is 0 Å². The van der Waals surface area contributed by atoms with Gasteiger partial charge in [-0.2, -0.15) is 0 Å². The summed E-state index contributed by atoms with van der Waals surface area (Å²) in [6.07, 6.45) is -0.183. The summed E-state index contributed by atoms with van der Waals surface area (Å²) in [5.41, 5.74) is 1.24. The van der Waals surface area contributed by atoms with Crippen LogP contribution in [-0.4, -0.2) is 25.1 Å². The first-order valence-corrected chi connectivity index (χ1v) is 9.42. The molecular weight excluding hydrogens is 370 g/mol. The number of hydrogen-bond donors (Lipinski definition) is 2. The van der Waals surface area contributed by atoms with Gasteiger partial charge in [0.05, 0.1) is 0 Å². The van der Waals surface area contributed by atoms with Gasteiger partial charge in [0.15, 0.2) is 0 Å². The molecule has 146 valence electrons. The summed E-state index contributed by atoms with van der Waals surface area (Å²) in [7, 11) is 1.68. The topological polar surface area (TPSA) is 41.5 Å². The van der Waals surface area contributed by atoms with Crippen molar-refractivity contribution >= 4 is 44.7 Å². The van der Waals surface area contributed by atoms with Crippen LogP contribution < -0.4 is 5.32 Å². The molecule has 2 unspecified atom stereocenters. The highest BCUT2D eigenvalue weighted by Crippen LogP contribution is 2.33. The fourth-order valence-electron chi connectivity index (χ4n) is 3.91. The molecule has 4 heteroatoms. The molecule has 0 aromatic heterocycles. The van der Waals surface area contributed by atoms with E-state index in [1.807, 2.05) is 6.92 Å². The maximum atomic E-state index is 9.44. The summed E-state index contributed by atoms with van der Waals surface area (Å²) < 4.78 is 5.52. The van der Waals surface area contributed by atoms with Crippen molar-refractivity contribution in [3.05, 3.63) is 72.3 Å². The van der Waals surface area contributed by atoms with E-state index in [2.05, 4.69) is 72.0 Å². The summed E-state index contributed by atoms with van der Waals surface area (Å²) in [5, 5.41) is 20.5. The van der Waals surface area contributed by atoms with Gasteiger partial charge in [-0.05, 0) is 43.9 Å². The summed E-state index contributed by atoms with van der Waals surface area (Å²) >= 11 is 0. The van der Waals surface area contributed by atoms with E-state index >= 15 is 0 Å². The molecule has 4 rings (SSSR count). The zero-order valence-electron chi connectivity index (χ0n) is 16.2. The molecular formula is C24H26ClNO2. The Kier molecular flexibility index (Phi) is 6.53. The molecule has 4 aromatic rings. The van der Waals surface area contributed by atoms with Crippen LogP contribution in [0.25, 0.3) is 32.3 Å². The van der Waals surface area contributed by atoms with Crippen LogP contribution in [-0.2, 0) is 11.3 Å². The van der Waals surface area contributed by atoms with E-state index in [1.165, 1.54) is 37.9 Å².